The molecule has 0 bridgehead atoms. The molecule has 0 aromatic heterocycles. The summed E-state index contributed by atoms with van der Waals surface area (Å²) in [6, 6.07) is 0. The van der Waals surface area contributed by atoms with E-state index in [-0.39, 0.29) is 12.8 Å². The van der Waals surface area contributed by atoms with Gasteiger partial charge in [-0.1, -0.05) is 13.2 Å². The summed E-state index contributed by atoms with van der Waals surface area (Å²) in [5, 5.41) is 15.8. The molecule has 0 saturated carbocycles. The molecule has 8 nitrogen and oxygen atoms in total. The van der Waals surface area contributed by atoms with Gasteiger partial charge in [0.25, 0.3) is 0 Å². The molecule has 0 aromatic carbocycles. The van der Waals surface area contributed by atoms with E-state index < -0.39 is 23.9 Å². The highest BCUT2D eigenvalue weighted by molar-refractivity contribution is 5.81. The molecule has 114 valence electrons. The molecular weight excluding hydrogens is 272 g/mol. The lowest BCUT2D eigenvalue weighted by atomic mass is 10.3. The van der Waals surface area contributed by atoms with Crippen molar-refractivity contribution in [2.45, 2.75) is 12.8 Å². The lowest BCUT2D eigenvalue weighted by molar-refractivity contribution is -0.143. The van der Waals surface area contributed by atoms with E-state index >= 15 is 0 Å². The van der Waals surface area contributed by atoms with Crippen LogP contribution in [0.3, 0.4) is 0 Å². The topological polar surface area (TPSA) is 127 Å². The van der Waals surface area contributed by atoms with Crippen LogP contribution in [-0.2, 0) is 28.7 Å². The molecule has 20 heavy (non-hydrogen) atoms. The predicted octanol–water partition coefficient (Wildman–Crippen LogP) is 0.627. The van der Waals surface area contributed by atoms with Gasteiger partial charge in [0.05, 0.1) is 27.1 Å². The Kier molecular flexibility index (Phi) is 18.4. The van der Waals surface area contributed by atoms with Gasteiger partial charge in [0.1, 0.15) is 0 Å². The number of carboxylic acid groups (broad SMARTS) is 2. The summed E-state index contributed by atoms with van der Waals surface area (Å²) in [6.45, 7) is 6.31. The maximum Gasteiger partial charge on any atom is 0.329 e. The van der Waals surface area contributed by atoms with E-state index in [1.165, 1.54) is 14.2 Å². The Labute approximate surface area is 116 Å². The SMILES string of the molecule is C=CC(=O)OC.C=CC(=O)OC.O=C(O)CCC(=O)O. The van der Waals surface area contributed by atoms with E-state index in [4.69, 9.17) is 10.2 Å². The molecule has 0 fully saturated rings. The third kappa shape index (κ3) is 29.5. The Morgan fingerprint density at radius 2 is 1.10 bits per heavy atom. The van der Waals surface area contributed by atoms with Crippen molar-refractivity contribution in [2.24, 2.45) is 0 Å². The minimum Gasteiger partial charge on any atom is -0.481 e. The van der Waals surface area contributed by atoms with Crippen molar-refractivity contribution in [3.63, 3.8) is 0 Å². The monoisotopic (exact) mass is 290 g/mol. The molecule has 0 spiro atoms. The molecule has 0 amide bonds. The number of carboxylic acids is 2. The van der Waals surface area contributed by atoms with Crippen LogP contribution < -0.4 is 0 Å². The van der Waals surface area contributed by atoms with Gasteiger partial charge in [0, 0.05) is 12.2 Å². The van der Waals surface area contributed by atoms with Crippen LogP contribution in [0, 0.1) is 0 Å². The zero-order chi connectivity index (χ0) is 16.6. The molecule has 8 heteroatoms. The first-order valence-corrected chi connectivity index (χ1v) is 5.09. The predicted molar refractivity (Wildman–Crippen MR) is 68.9 cm³/mol. The summed E-state index contributed by atoms with van der Waals surface area (Å²) in [4.78, 5) is 39.0. The maximum atomic E-state index is 9.84. The quantitative estimate of drug-likeness (QED) is 0.557. The van der Waals surface area contributed by atoms with E-state index in [2.05, 4.69) is 22.6 Å². The van der Waals surface area contributed by atoms with Gasteiger partial charge in [0.2, 0.25) is 0 Å². The zero-order valence-corrected chi connectivity index (χ0v) is 11.3. The fraction of sp³-hybridized carbons (Fsp3) is 0.333. The lowest BCUT2D eigenvalue weighted by Crippen LogP contribution is -2.00. The minimum atomic E-state index is -1.08. The van der Waals surface area contributed by atoms with Crippen LogP contribution in [0.1, 0.15) is 12.8 Å². The van der Waals surface area contributed by atoms with Crippen LogP contribution >= 0.6 is 0 Å². The molecule has 0 unspecified atom stereocenters. The van der Waals surface area contributed by atoms with Crippen LogP contribution in [0.4, 0.5) is 0 Å². The van der Waals surface area contributed by atoms with Gasteiger partial charge in [0.15, 0.2) is 0 Å². The van der Waals surface area contributed by atoms with Crippen molar-refractivity contribution in [2.75, 3.05) is 14.2 Å². The largest absolute Gasteiger partial charge is 0.481 e. The molecule has 0 aliphatic heterocycles. The Bertz CT molecular complexity index is 311. The van der Waals surface area contributed by atoms with E-state index in [1.807, 2.05) is 0 Å². The summed E-state index contributed by atoms with van der Waals surface area (Å²) in [6.07, 6.45) is 1.63. The van der Waals surface area contributed by atoms with Crippen molar-refractivity contribution in [1.29, 1.82) is 0 Å². The first-order chi connectivity index (χ1) is 9.24. The number of hydrogen-bond donors (Lipinski definition) is 2. The second-order valence-electron chi connectivity index (χ2n) is 2.74. The van der Waals surface area contributed by atoms with Gasteiger partial charge >= 0.3 is 23.9 Å². The average Bonchev–Trinajstić information content (AvgIpc) is 2.44. The van der Waals surface area contributed by atoms with Gasteiger partial charge in [-0.3, -0.25) is 9.59 Å². The molecule has 0 radical (unpaired) electrons. The molecule has 0 heterocycles. The van der Waals surface area contributed by atoms with Gasteiger partial charge in [-0.15, -0.1) is 0 Å². The average molecular weight is 290 g/mol. The number of esters is 2. The van der Waals surface area contributed by atoms with E-state index in [9.17, 15) is 19.2 Å². The van der Waals surface area contributed by atoms with Crippen molar-refractivity contribution in [3.05, 3.63) is 25.3 Å². The van der Waals surface area contributed by atoms with E-state index in [0.29, 0.717) is 0 Å². The second kappa shape index (κ2) is 16.4. The van der Waals surface area contributed by atoms with Crippen LogP contribution in [-0.4, -0.2) is 48.3 Å². The number of ether oxygens (including phenoxy) is 2. The standard InChI is InChI=1S/C4H6O4.2C4H6O2/c5-3(6)1-2-4(7)8;2*1-3-4(5)6-2/h1-2H2,(H,5,6)(H,7,8);2*3H,1H2,2H3. The Balaban J connectivity index is -0.000000221. The third-order valence-electron chi connectivity index (χ3n) is 1.29. The molecular formula is C12H18O8. The molecule has 0 saturated heterocycles. The second-order valence-corrected chi connectivity index (χ2v) is 2.74. The van der Waals surface area contributed by atoms with Crippen LogP contribution in [0.25, 0.3) is 0 Å². The highest BCUT2D eigenvalue weighted by Crippen LogP contribution is 1.86. The lowest BCUT2D eigenvalue weighted by Gasteiger charge is -1.85. The summed E-state index contributed by atoms with van der Waals surface area (Å²) in [7, 11) is 2.62. The Morgan fingerprint density at radius 1 is 0.850 bits per heavy atom. The highest BCUT2D eigenvalue weighted by atomic mass is 16.5. The first kappa shape index (κ1) is 22.5. The number of hydrogen-bond acceptors (Lipinski definition) is 6. The van der Waals surface area contributed by atoms with E-state index in [0.717, 1.165) is 12.2 Å². The highest BCUT2D eigenvalue weighted by Gasteiger charge is 2.00. The summed E-state index contributed by atoms with van der Waals surface area (Å²) in [5.41, 5.74) is 0. The van der Waals surface area contributed by atoms with Gasteiger partial charge < -0.3 is 19.7 Å². The Hall–Kier alpha value is -2.64. The summed E-state index contributed by atoms with van der Waals surface area (Å²) < 4.78 is 8.28. The van der Waals surface area contributed by atoms with Gasteiger partial charge in [-0.2, -0.15) is 0 Å². The van der Waals surface area contributed by atoms with Crippen molar-refractivity contribution in [1.82, 2.24) is 0 Å². The number of methoxy groups -OCH3 is 2. The Morgan fingerprint density at radius 3 is 1.15 bits per heavy atom. The molecule has 2 N–H and O–H groups in total. The van der Waals surface area contributed by atoms with Gasteiger partial charge in [-0.25, -0.2) is 9.59 Å². The van der Waals surface area contributed by atoms with Crippen LogP contribution in [0.15, 0.2) is 25.3 Å². The maximum absolute atomic E-state index is 9.84. The number of carbonyl (C=O) groups is 4. The molecule has 0 atom stereocenters. The zero-order valence-electron chi connectivity index (χ0n) is 11.3. The fourth-order valence-electron chi connectivity index (χ4n) is 0.381. The summed E-state index contributed by atoms with van der Waals surface area (Å²) >= 11 is 0. The van der Waals surface area contributed by atoms with Crippen molar-refractivity contribution < 1.29 is 38.9 Å². The normalized spacial score (nSPS) is 7.50. The number of carbonyl (C=O) groups excluding carboxylic acids is 2. The van der Waals surface area contributed by atoms with Crippen molar-refractivity contribution in [3.8, 4) is 0 Å². The molecule has 0 aliphatic carbocycles. The molecule has 0 aromatic rings. The van der Waals surface area contributed by atoms with Crippen molar-refractivity contribution >= 4 is 23.9 Å². The van der Waals surface area contributed by atoms with Gasteiger partial charge in [-0.05, 0) is 0 Å². The van der Waals surface area contributed by atoms with Crippen LogP contribution in [0.5, 0.6) is 0 Å². The number of rotatable bonds is 5. The van der Waals surface area contributed by atoms with Crippen LogP contribution in [0.2, 0.25) is 0 Å². The third-order valence-corrected chi connectivity index (χ3v) is 1.29. The fourth-order valence-corrected chi connectivity index (χ4v) is 0.381. The smallest absolute Gasteiger partial charge is 0.329 e. The summed E-state index contributed by atoms with van der Waals surface area (Å²) in [5.74, 6) is -2.94. The first-order valence-electron chi connectivity index (χ1n) is 5.09. The minimum absolute atomic E-state index is 0.296. The van der Waals surface area contributed by atoms with E-state index in [1.54, 1.807) is 0 Å². The molecule has 0 aliphatic rings. The molecule has 0 rings (SSSR count). The number of aliphatic carboxylic acids is 2.